The third-order valence-electron chi connectivity index (χ3n) is 3.83. The summed E-state index contributed by atoms with van der Waals surface area (Å²) in [5.41, 5.74) is 5.09. The van der Waals surface area contributed by atoms with Crippen LogP contribution in [0, 0.1) is 0 Å². The predicted molar refractivity (Wildman–Crippen MR) is 74.4 cm³/mol. The van der Waals surface area contributed by atoms with Gasteiger partial charge in [-0.3, -0.25) is 0 Å². The number of aromatic nitrogens is 2. The second-order valence-corrected chi connectivity index (χ2v) is 5.33. The molecule has 1 aromatic heterocycles. The number of hydrogen-bond donors (Lipinski definition) is 1. The van der Waals surface area contributed by atoms with Gasteiger partial charge in [-0.05, 0) is 26.3 Å². The number of rotatable bonds is 7. The summed E-state index contributed by atoms with van der Waals surface area (Å²) in [5.74, 6) is 1.58. The monoisotopic (exact) mass is 283 g/mol. The first-order valence-electron chi connectivity index (χ1n) is 7.47. The summed E-state index contributed by atoms with van der Waals surface area (Å²) < 4.78 is 16.8. The molecule has 0 amide bonds. The van der Waals surface area contributed by atoms with E-state index in [1.165, 1.54) is 0 Å². The van der Waals surface area contributed by atoms with E-state index in [0.29, 0.717) is 38.1 Å². The molecule has 0 aliphatic carbocycles. The summed E-state index contributed by atoms with van der Waals surface area (Å²) in [6, 6.07) is 0. The Hall–Kier alpha value is -0.980. The Balaban J connectivity index is 2.12. The molecule has 2 N–H and O–H groups in total. The molecule has 6 nitrogen and oxygen atoms in total. The van der Waals surface area contributed by atoms with Crippen LogP contribution in [0.1, 0.15) is 57.2 Å². The quantitative estimate of drug-likeness (QED) is 0.823. The van der Waals surface area contributed by atoms with Crippen molar-refractivity contribution in [3.63, 3.8) is 0 Å². The maximum Gasteiger partial charge on any atom is 0.229 e. The molecule has 2 heterocycles. The Labute approximate surface area is 120 Å². The molecule has 1 aliphatic rings. The van der Waals surface area contributed by atoms with Crippen molar-refractivity contribution in [2.24, 2.45) is 5.73 Å². The third kappa shape index (κ3) is 3.37. The van der Waals surface area contributed by atoms with E-state index >= 15 is 0 Å². The molecule has 0 aromatic carbocycles. The lowest BCUT2D eigenvalue weighted by molar-refractivity contribution is -0.118. The van der Waals surface area contributed by atoms with Gasteiger partial charge in [-0.25, -0.2) is 0 Å². The van der Waals surface area contributed by atoms with E-state index in [1.54, 1.807) is 0 Å². The first kappa shape index (κ1) is 15.4. The largest absolute Gasteiger partial charge is 0.381 e. The molecule has 2 rings (SSSR count). The zero-order chi connectivity index (χ0) is 14.4. The Morgan fingerprint density at radius 1 is 1.40 bits per heavy atom. The highest BCUT2D eigenvalue weighted by Gasteiger charge is 2.40. The summed E-state index contributed by atoms with van der Waals surface area (Å²) >= 11 is 0. The van der Waals surface area contributed by atoms with Crippen LogP contribution in [0.5, 0.6) is 0 Å². The van der Waals surface area contributed by atoms with Crippen LogP contribution in [0.4, 0.5) is 0 Å². The van der Waals surface area contributed by atoms with Crippen LogP contribution >= 0.6 is 0 Å². The maximum atomic E-state index is 5.95. The fourth-order valence-corrected chi connectivity index (χ4v) is 2.58. The van der Waals surface area contributed by atoms with Crippen molar-refractivity contribution in [2.45, 2.75) is 51.0 Å². The Bertz CT molecular complexity index is 397. The standard InChI is InChI=1S/C14H25N3O3/c1-3-19-14(6-9-18-10-7-14)13-16-12(20-17-13)11(2)5-4-8-15/h11H,3-10,15H2,1-2H3. The van der Waals surface area contributed by atoms with Gasteiger partial charge in [0.15, 0.2) is 0 Å². The Morgan fingerprint density at radius 2 is 2.15 bits per heavy atom. The van der Waals surface area contributed by atoms with Gasteiger partial charge in [-0.2, -0.15) is 4.98 Å². The lowest BCUT2D eigenvalue weighted by Crippen LogP contribution is -2.37. The molecule has 1 fully saturated rings. The van der Waals surface area contributed by atoms with Crippen LogP contribution in [0.25, 0.3) is 0 Å². The highest BCUT2D eigenvalue weighted by Crippen LogP contribution is 2.35. The molecule has 0 bridgehead atoms. The van der Waals surface area contributed by atoms with Crippen molar-refractivity contribution >= 4 is 0 Å². The second kappa shape index (κ2) is 7.15. The minimum absolute atomic E-state index is 0.235. The molecule has 1 unspecified atom stereocenters. The van der Waals surface area contributed by atoms with Gasteiger partial charge in [-0.15, -0.1) is 0 Å². The Morgan fingerprint density at radius 3 is 2.80 bits per heavy atom. The first-order chi connectivity index (χ1) is 9.72. The van der Waals surface area contributed by atoms with Crippen molar-refractivity contribution in [3.05, 3.63) is 11.7 Å². The normalized spacial score (nSPS) is 19.9. The topological polar surface area (TPSA) is 83.4 Å². The number of ether oxygens (including phenoxy) is 2. The van der Waals surface area contributed by atoms with E-state index in [1.807, 2.05) is 6.92 Å². The zero-order valence-corrected chi connectivity index (χ0v) is 12.4. The van der Waals surface area contributed by atoms with E-state index in [9.17, 15) is 0 Å². The molecule has 0 saturated carbocycles. The summed E-state index contributed by atoms with van der Waals surface area (Å²) in [5, 5.41) is 4.16. The molecule has 0 radical (unpaired) electrons. The molecule has 20 heavy (non-hydrogen) atoms. The van der Waals surface area contributed by atoms with Crippen molar-refractivity contribution in [1.82, 2.24) is 10.1 Å². The van der Waals surface area contributed by atoms with Gasteiger partial charge in [-0.1, -0.05) is 12.1 Å². The molecule has 1 aliphatic heterocycles. The van der Waals surface area contributed by atoms with E-state index in [0.717, 1.165) is 25.7 Å². The van der Waals surface area contributed by atoms with Gasteiger partial charge in [0.1, 0.15) is 5.60 Å². The van der Waals surface area contributed by atoms with E-state index in [4.69, 9.17) is 19.7 Å². The fraction of sp³-hybridized carbons (Fsp3) is 0.857. The van der Waals surface area contributed by atoms with Crippen molar-refractivity contribution in [1.29, 1.82) is 0 Å². The van der Waals surface area contributed by atoms with Crippen molar-refractivity contribution < 1.29 is 14.0 Å². The smallest absolute Gasteiger partial charge is 0.229 e. The number of nitrogens with zero attached hydrogens (tertiary/aromatic N) is 2. The Kier molecular flexibility index (Phi) is 5.51. The van der Waals surface area contributed by atoms with Gasteiger partial charge in [0.05, 0.1) is 0 Å². The summed E-state index contributed by atoms with van der Waals surface area (Å²) in [7, 11) is 0. The average molecular weight is 283 g/mol. The minimum atomic E-state index is -0.442. The molecule has 6 heteroatoms. The van der Waals surface area contributed by atoms with Gasteiger partial charge < -0.3 is 19.7 Å². The molecular weight excluding hydrogens is 258 g/mol. The molecular formula is C14H25N3O3. The van der Waals surface area contributed by atoms with Crippen LogP contribution in [-0.4, -0.2) is 36.5 Å². The predicted octanol–water partition coefficient (Wildman–Crippen LogP) is 1.95. The summed E-state index contributed by atoms with van der Waals surface area (Å²) in [4.78, 5) is 4.58. The van der Waals surface area contributed by atoms with Crippen LogP contribution in [0.15, 0.2) is 4.52 Å². The van der Waals surface area contributed by atoms with Gasteiger partial charge >= 0.3 is 0 Å². The van der Waals surface area contributed by atoms with Crippen LogP contribution in [-0.2, 0) is 15.1 Å². The first-order valence-corrected chi connectivity index (χ1v) is 7.47. The highest BCUT2D eigenvalue weighted by molar-refractivity contribution is 5.04. The van der Waals surface area contributed by atoms with Crippen LogP contribution in [0.2, 0.25) is 0 Å². The summed E-state index contributed by atoms with van der Waals surface area (Å²) in [6.45, 7) is 6.74. The number of nitrogens with two attached hydrogens (primary N) is 1. The van der Waals surface area contributed by atoms with Gasteiger partial charge in [0.25, 0.3) is 0 Å². The van der Waals surface area contributed by atoms with Crippen LogP contribution < -0.4 is 5.73 Å². The molecule has 0 spiro atoms. The average Bonchev–Trinajstić information content (AvgIpc) is 2.96. The van der Waals surface area contributed by atoms with Crippen LogP contribution in [0.3, 0.4) is 0 Å². The van der Waals surface area contributed by atoms with Gasteiger partial charge in [0.2, 0.25) is 11.7 Å². The second-order valence-electron chi connectivity index (χ2n) is 5.33. The molecule has 1 atom stereocenters. The lowest BCUT2D eigenvalue weighted by Gasteiger charge is -2.33. The van der Waals surface area contributed by atoms with E-state index in [2.05, 4.69) is 17.1 Å². The number of hydrogen-bond acceptors (Lipinski definition) is 6. The molecule has 114 valence electrons. The lowest BCUT2D eigenvalue weighted by atomic mass is 9.93. The SMILES string of the molecule is CCOC1(c2noc(C(C)CCCN)n2)CCOCC1. The molecule has 1 saturated heterocycles. The van der Waals surface area contributed by atoms with Gasteiger partial charge in [0, 0.05) is 38.6 Å². The van der Waals surface area contributed by atoms with E-state index in [-0.39, 0.29) is 5.92 Å². The van der Waals surface area contributed by atoms with Crippen molar-refractivity contribution in [2.75, 3.05) is 26.4 Å². The summed E-state index contributed by atoms with van der Waals surface area (Å²) in [6.07, 6.45) is 3.47. The molecule has 1 aromatic rings. The zero-order valence-electron chi connectivity index (χ0n) is 12.4. The third-order valence-corrected chi connectivity index (χ3v) is 3.83. The van der Waals surface area contributed by atoms with Crippen molar-refractivity contribution in [3.8, 4) is 0 Å². The maximum absolute atomic E-state index is 5.95. The van der Waals surface area contributed by atoms with E-state index < -0.39 is 5.60 Å². The minimum Gasteiger partial charge on any atom is -0.381 e. The fourth-order valence-electron chi connectivity index (χ4n) is 2.58. The highest BCUT2D eigenvalue weighted by atomic mass is 16.5.